The van der Waals surface area contributed by atoms with E-state index in [2.05, 4.69) is 40.5 Å². The minimum atomic E-state index is 0.223. The van der Waals surface area contributed by atoms with Crippen LogP contribution in [0.2, 0.25) is 0 Å². The quantitative estimate of drug-likeness (QED) is 0.852. The predicted octanol–water partition coefficient (Wildman–Crippen LogP) is 2.53. The first-order valence-corrected chi connectivity index (χ1v) is 7.83. The van der Waals surface area contributed by atoms with Gasteiger partial charge in [-0.05, 0) is 24.9 Å². The van der Waals surface area contributed by atoms with Crippen molar-refractivity contribution >= 4 is 5.91 Å². The molecule has 3 atom stereocenters. The maximum Gasteiger partial charge on any atom is 0.219 e. The molecule has 1 aromatic rings. The Balaban J connectivity index is 1.88. The van der Waals surface area contributed by atoms with E-state index in [9.17, 15) is 4.79 Å². The van der Waals surface area contributed by atoms with Crippen molar-refractivity contribution in [2.75, 3.05) is 13.1 Å². The lowest BCUT2D eigenvalue weighted by Crippen LogP contribution is -2.46. The monoisotopic (exact) mass is 272 g/mol. The third-order valence-corrected chi connectivity index (χ3v) is 4.83. The summed E-state index contributed by atoms with van der Waals surface area (Å²) in [5.41, 5.74) is 1.36. The summed E-state index contributed by atoms with van der Waals surface area (Å²) in [6.07, 6.45) is 4.91. The van der Waals surface area contributed by atoms with Crippen LogP contribution in [0.25, 0.3) is 0 Å². The number of hydrogen-bond acceptors (Lipinski definition) is 2. The molecule has 2 aliphatic heterocycles. The van der Waals surface area contributed by atoms with Crippen LogP contribution in [0.4, 0.5) is 0 Å². The number of likely N-dealkylation sites (tertiary alicyclic amines) is 1. The van der Waals surface area contributed by atoms with Crippen LogP contribution in [-0.4, -0.2) is 36.0 Å². The van der Waals surface area contributed by atoms with E-state index >= 15 is 0 Å². The summed E-state index contributed by atoms with van der Waals surface area (Å²) in [6.45, 7) is 3.65. The van der Waals surface area contributed by atoms with Gasteiger partial charge in [0, 0.05) is 31.5 Å². The second-order valence-electron chi connectivity index (χ2n) is 6.09. The fraction of sp³-hybridized carbons (Fsp3) is 0.588. The van der Waals surface area contributed by atoms with Crippen molar-refractivity contribution in [2.45, 2.75) is 50.6 Å². The van der Waals surface area contributed by atoms with E-state index in [1.165, 1.54) is 24.8 Å². The van der Waals surface area contributed by atoms with Crippen LogP contribution in [0.1, 0.15) is 44.1 Å². The van der Waals surface area contributed by atoms with E-state index < -0.39 is 0 Å². The molecule has 2 heterocycles. The number of nitrogens with one attached hydrogen (secondary N) is 1. The molecule has 0 spiro atoms. The van der Waals surface area contributed by atoms with Gasteiger partial charge in [-0.15, -0.1) is 0 Å². The van der Waals surface area contributed by atoms with Gasteiger partial charge in [0.05, 0.1) is 0 Å². The molecule has 108 valence electrons. The lowest BCUT2D eigenvalue weighted by molar-refractivity contribution is -0.130. The summed E-state index contributed by atoms with van der Waals surface area (Å²) < 4.78 is 0. The van der Waals surface area contributed by atoms with Gasteiger partial charge >= 0.3 is 0 Å². The largest absolute Gasteiger partial charge is 0.338 e. The molecule has 0 aromatic heterocycles. The number of carbonyl (C=O) groups is 1. The molecular formula is C17H24N2O. The van der Waals surface area contributed by atoms with Crippen LogP contribution in [-0.2, 0) is 4.79 Å². The number of rotatable bonds is 1. The van der Waals surface area contributed by atoms with Crippen molar-refractivity contribution in [1.29, 1.82) is 0 Å². The smallest absolute Gasteiger partial charge is 0.219 e. The van der Waals surface area contributed by atoms with Gasteiger partial charge in [0.2, 0.25) is 5.91 Å². The van der Waals surface area contributed by atoms with Gasteiger partial charge in [-0.2, -0.15) is 0 Å². The third-order valence-electron chi connectivity index (χ3n) is 4.83. The molecule has 0 aliphatic carbocycles. The number of hydrogen-bond donors (Lipinski definition) is 1. The van der Waals surface area contributed by atoms with Crippen molar-refractivity contribution in [1.82, 2.24) is 10.2 Å². The van der Waals surface area contributed by atoms with E-state index in [1.54, 1.807) is 6.92 Å². The maximum atomic E-state index is 12.0. The molecule has 3 nitrogen and oxygen atoms in total. The summed E-state index contributed by atoms with van der Waals surface area (Å²) in [6, 6.07) is 11.5. The highest BCUT2D eigenvalue weighted by molar-refractivity contribution is 5.74. The molecular weight excluding hydrogens is 248 g/mol. The van der Waals surface area contributed by atoms with E-state index in [0.717, 1.165) is 19.5 Å². The standard InChI is InChI=1S/C17H24N2O/c1-13(20)19-12-15(14-8-4-2-5-9-14)17-16(19)10-6-3-7-11-18-17/h2,4-5,8-9,15-18H,3,6-7,10-12H2,1H3/t15-,16-,17-/m0/s1. The van der Waals surface area contributed by atoms with Gasteiger partial charge in [0.25, 0.3) is 0 Å². The molecule has 0 radical (unpaired) electrons. The molecule has 0 bridgehead atoms. The molecule has 1 N–H and O–H groups in total. The third kappa shape index (κ3) is 2.59. The van der Waals surface area contributed by atoms with Crippen LogP contribution in [0.3, 0.4) is 0 Å². The Hall–Kier alpha value is -1.35. The molecule has 1 amide bonds. The van der Waals surface area contributed by atoms with Crippen molar-refractivity contribution < 1.29 is 4.79 Å². The van der Waals surface area contributed by atoms with Gasteiger partial charge in [-0.1, -0.05) is 43.2 Å². The Morgan fingerprint density at radius 2 is 2.00 bits per heavy atom. The average Bonchev–Trinajstić information content (AvgIpc) is 2.77. The van der Waals surface area contributed by atoms with Crippen LogP contribution in [0, 0.1) is 0 Å². The average molecular weight is 272 g/mol. The SMILES string of the molecule is CC(=O)N1C[C@@H](c2ccccc2)[C@@H]2NCCCCC[C@@H]21. The number of nitrogens with zero attached hydrogens (tertiary/aromatic N) is 1. The van der Waals surface area contributed by atoms with Crippen LogP contribution in [0.5, 0.6) is 0 Å². The van der Waals surface area contributed by atoms with Crippen LogP contribution in [0.15, 0.2) is 30.3 Å². The highest BCUT2D eigenvalue weighted by Gasteiger charge is 2.43. The fourth-order valence-corrected chi connectivity index (χ4v) is 3.84. The van der Waals surface area contributed by atoms with Crippen molar-refractivity contribution in [3.05, 3.63) is 35.9 Å². The second kappa shape index (κ2) is 5.96. The Morgan fingerprint density at radius 3 is 2.75 bits per heavy atom. The lowest BCUT2D eigenvalue weighted by atomic mass is 9.88. The van der Waals surface area contributed by atoms with Crippen molar-refractivity contribution in [2.24, 2.45) is 0 Å². The summed E-state index contributed by atoms with van der Waals surface area (Å²) in [7, 11) is 0. The predicted molar refractivity (Wildman–Crippen MR) is 80.6 cm³/mol. The fourth-order valence-electron chi connectivity index (χ4n) is 3.84. The Kier molecular flexibility index (Phi) is 4.06. The number of benzene rings is 1. The highest BCUT2D eigenvalue weighted by atomic mass is 16.2. The second-order valence-corrected chi connectivity index (χ2v) is 6.09. The normalized spacial score (nSPS) is 30.4. The van der Waals surface area contributed by atoms with Gasteiger partial charge in [0.15, 0.2) is 0 Å². The lowest BCUT2D eigenvalue weighted by Gasteiger charge is -2.30. The topological polar surface area (TPSA) is 32.3 Å². The van der Waals surface area contributed by atoms with Crippen molar-refractivity contribution in [3.63, 3.8) is 0 Å². The van der Waals surface area contributed by atoms with Gasteiger partial charge in [-0.25, -0.2) is 0 Å². The van der Waals surface area contributed by atoms with E-state index in [4.69, 9.17) is 0 Å². The van der Waals surface area contributed by atoms with Crippen LogP contribution < -0.4 is 5.32 Å². The zero-order valence-electron chi connectivity index (χ0n) is 12.2. The summed E-state index contributed by atoms with van der Waals surface area (Å²) in [4.78, 5) is 14.1. The zero-order valence-corrected chi connectivity index (χ0v) is 12.2. The molecule has 3 rings (SSSR count). The number of carbonyl (C=O) groups excluding carboxylic acids is 1. The molecule has 3 heteroatoms. The van der Waals surface area contributed by atoms with Crippen molar-refractivity contribution in [3.8, 4) is 0 Å². The number of amides is 1. The minimum Gasteiger partial charge on any atom is -0.338 e. The molecule has 2 saturated heterocycles. The Labute approximate surface area is 121 Å². The molecule has 0 unspecified atom stereocenters. The van der Waals surface area contributed by atoms with E-state index in [-0.39, 0.29) is 5.91 Å². The first kappa shape index (κ1) is 13.6. The van der Waals surface area contributed by atoms with Gasteiger partial charge in [-0.3, -0.25) is 4.79 Å². The highest BCUT2D eigenvalue weighted by Crippen LogP contribution is 2.35. The summed E-state index contributed by atoms with van der Waals surface area (Å²) >= 11 is 0. The van der Waals surface area contributed by atoms with E-state index in [0.29, 0.717) is 18.0 Å². The molecule has 2 aliphatic rings. The number of fused-ring (bicyclic) bond motifs is 1. The summed E-state index contributed by atoms with van der Waals surface area (Å²) in [5.74, 6) is 0.656. The summed E-state index contributed by atoms with van der Waals surface area (Å²) in [5, 5.41) is 3.72. The first-order valence-electron chi connectivity index (χ1n) is 7.83. The van der Waals surface area contributed by atoms with E-state index in [1.807, 2.05) is 0 Å². The molecule has 1 aromatic carbocycles. The zero-order chi connectivity index (χ0) is 13.9. The van der Waals surface area contributed by atoms with Gasteiger partial charge < -0.3 is 10.2 Å². The minimum absolute atomic E-state index is 0.223. The maximum absolute atomic E-state index is 12.0. The van der Waals surface area contributed by atoms with Crippen LogP contribution >= 0.6 is 0 Å². The Bertz CT molecular complexity index is 459. The molecule has 20 heavy (non-hydrogen) atoms. The Morgan fingerprint density at radius 1 is 1.20 bits per heavy atom. The first-order chi connectivity index (χ1) is 9.77. The van der Waals surface area contributed by atoms with Gasteiger partial charge in [0.1, 0.15) is 0 Å². The molecule has 0 saturated carbocycles. The molecule has 2 fully saturated rings.